The van der Waals surface area contributed by atoms with Crippen LogP contribution in [0.4, 0.5) is 0 Å². The summed E-state index contributed by atoms with van der Waals surface area (Å²) in [6.45, 7) is 5.54. The average molecular weight is 177 g/mol. The molecule has 3 N–H and O–H groups in total. The summed E-state index contributed by atoms with van der Waals surface area (Å²) in [5.41, 5.74) is 7.06. The number of aliphatic imine (C=N–C) groups is 1. The van der Waals surface area contributed by atoms with Crippen LogP contribution in [-0.2, 0) is 4.79 Å². The van der Waals surface area contributed by atoms with Crippen molar-refractivity contribution in [1.82, 2.24) is 5.32 Å². The van der Waals surface area contributed by atoms with Crippen LogP contribution in [0.1, 0.15) is 6.92 Å². The molecule has 1 rings (SSSR count). The number of nitrogens with zero attached hydrogens (tertiary/aromatic N) is 1. The maximum absolute atomic E-state index is 10.5. The van der Waals surface area contributed by atoms with Gasteiger partial charge in [0.1, 0.15) is 5.84 Å². The molecular weight excluding hydrogens is 166 g/mol. The maximum atomic E-state index is 10.5. The number of hydrogen-bond acceptors (Lipinski definition) is 4. The summed E-state index contributed by atoms with van der Waals surface area (Å²) in [6, 6.07) is 0. The molecule has 13 heavy (non-hydrogen) atoms. The van der Waals surface area contributed by atoms with Gasteiger partial charge in [-0.3, -0.25) is 4.79 Å². The monoisotopic (exact) mass is 177 g/mol. The Labute approximate surface area is 76.5 Å². The topological polar surface area (TPSA) is 67.5 Å². The molecule has 0 aliphatic carbocycles. The zero-order valence-electron chi connectivity index (χ0n) is 7.37. The van der Waals surface area contributed by atoms with Gasteiger partial charge in [-0.25, -0.2) is 4.99 Å². The minimum Gasteiger partial charge on any atom is -0.404 e. The van der Waals surface area contributed by atoms with Crippen molar-refractivity contribution in [3.8, 4) is 0 Å². The highest BCUT2D eigenvalue weighted by molar-refractivity contribution is 6.14. The number of aldehydes is 1. The van der Waals surface area contributed by atoms with Crippen molar-refractivity contribution < 1.29 is 4.79 Å². The molecule has 0 unspecified atom stereocenters. The third-order valence-electron chi connectivity index (χ3n) is 1.53. The molecule has 0 aromatic carbocycles. The van der Waals surface area contributed by atoms with E-state index in [4.69, 9.17) is 5.73 Å². The summed E-state index contributed by atoms with van der Waals surface area (Å²) in [5, 5.41) is 2.85. The molecule has 0 radical (unpaired) electrons. The standard InChI is InChI=1S/C9H11N3O/c1-6-3-7(2)12-9(11-6)8(4-10)5-13/h3-5H,1,10H2,2H3,(H,11,12). The van der Waals surface area contributed by atoms with E-state index in [2.05, 4.69) is 16.9 Å². The highest BCUT2D eigenvalue weighted by Crippen LogP contribution is 2.08. The van der Waals surface area contributed by atoms with E-state index in [1.165, 1.54) is 6.20 Å². The van der Waals surface area contributed by atoms with Crippen molar-refractivity contribution in [3.63, 3.8) is 0 Å². The smallest absolute Gasteiger partial charge is 0.155 e. The summed E-state index contributed by atoms with van der Waals surface area (Å²) < 4.78 is 0. The van der Waals surface area contributed by atoms with Crippen molar-refractivity contribution >= 4 is 12.1 Å². The maximum Gasteiger partial charge on any atom is 0.155 e. The van der Waals surface area contributed by atoms with Gasteiger partial charge in [0.25, 0.3) is 0 Å². The molecule has 0 spiro atoms. The Kier molecular flexibility index (Phi) is 2.64. The molecule has 0 amide bonds. The predicted octanol–water partition coefficient (Wildman–Crippen LogP) is 0.447. The van der Waals surface area contributed by atoms with Crippen LogP contribution >= 0.6 is 0 Å². The Hall–Kier alpha value is -1.84. The Bertz CT molecular complexity index is 337. The molecule has 1 aliphatic heterocycles. The normalized spacial score (nSPS) is 17.3. The van der Waals surface area contributed by atoms with Gasteiger partial charge in [0.05, 0.1) is 5.57 Å². The molecule has 0 saturated carbocycles. The molecule has 4 heteroatoms. The van der Waals surface area contributed by atoms with Crippen LogP contribution in [0.3, 0.4) is 0 Å². The molecular formula is C9H11N3O. The zero-order chi connectivity index (χ0) is 9.84. The molecule has 0 bridgehead atoms. The van der Waals surface area contributed by atoms with Crippen molar-refractivity contribution in [2.75, 3.05) is 0 Å². The SMILES string of the molecule is C=C1C=C(C)N=C(C(C=O)=CN)N1. The zero-order valence-corrected chi connectivity index (χ0v) is 7.37. The second-order valence-corrected chi connectivity index (χ2v) is 2.64. The number of carbonyl (C=O) groups is 1. The summed E-state index contributed by atoms with van der Waals surface area (Å²) in [4.78, 5) is 14.6. The molecule has 0 atom stereocenters. The summed E-state index contributed by atoms with van der Waals surface area (Å²) in [6.07, 6.45) is 3.64. The number of hydrogen-bond donors (Lipinski definition) is 2. The van der Waals surface area contributed by atoms with E-state index in [1.807, 2.05) is 6.92 Å². The Morgan fingerprint density at radius 1 is 1.77 bits per heavy atom. The third kappa shape index (κ3) is 2.05. The second-order valence-electron chi connectivity index (χ2n) is 2.64. The molecule has 0 aromatic heterocycles. The summed E-state index contributed by atoms with van der Waals surface area (Å²) in [5.74, 6) is 0.447. The van der Waals surface area contributed by atoms with E-state index in [0.29, 0.717) is 23.4 Å². The third-order valence-corrected chi connectivity index (χ3v) is 1.53. The second kappa shape index (κ2) is 3.71. The molecule has 68 valence electrons. The van der Waals surface area contributed by atoms with Crippen molar-refractivity contribution in [2.45, 2.75) is 6.92 Å². The van der Waals surface area contributed by atoms with E-state index in [-0.39, 0.29) is 0 Å². The molecule has 4 nitrogen and oxygen atoms in total. The van der Waals surface area contributed by atoms with Gasteiger partial charge in [-0.1, -0.05) is 6.58 Å². The first kappa shape index (κ1) is 9.25. The van der Waals surface area contributed by atoms with Crippen LogP contribution in [0.5, 0.6) is 0 Å². The first-order valence-electron chi connectivity index (χ1n) is 3.77. The van der Waals surface area contributed by atoms with Crippen molar-refractivity contribution in [3.05, 3.63) is 35.8 Å². The van der Waals surface area contributed by atoms with Gasteiger partial charge in [-0.05, 0) is 13.0 Å². The van der Waals surface area contributed by atoms with E-state index >= 15 is 0 Å². The minimum absolute atomic E-state index is 0.327. The van der Waals surface area contributed by atoms with Gasteiger partial charge >= 0.3 is 0 Å². The van der Waals surface area contributed by atoms with Crippen LogP contribution in [0.2, 0.25) is 0 Å². The fourth-order valence-corrected chi connectivity index (χ4v) is 0.988. The van der Waals surface area contributed by atoms with Crippen LogP contribution in [0, 0.1) is 0 Å². The van der Waals surface area contributed by atoms with E-state index < -0.39 is 0 Å². The lowest BCUT2D eigenvalue weighted by atomic mass is 10.2. The predicted molar refractivity (Wildman–Crippen MR) is 51.8 cm³/mol. The molecule has 1 aliphatic rings. The fraction of sp³-hybridized carbons (Fsp3) is 0.111. The Morgan fingerprint density at radius 3 is 2.92 bits per heavy atom. The van der Waals surface area contributed by atoms with Crippen LogP contribution < -0.4 is 11.1 Å². The van der Waals surface area contributed by atoms with Gasteiger partial charge in [0.2, 0.25) is 0 Å². The highest BCUT2D eigenvalue weighted by atomic mass is 16.1. The lowest BCUT2D eigenvalue weighted by Crippen LogP contribution is -2.27. The van der Waals surface area contributed by atoms with Crippen LogP contribution in [0.25, 0.3) is 0 Å². The first-order chi connectivity index (χ1) is 6.17. The number of nitrogens with one attached hydrogen (secondary N) is 1. The minimum atomic E-state index is 0.327. The Balaban J connectivity index is 3.00. The number of allylic oxidation sites excluding steroid dienone is 2. The van der Waals surface area contributed by atoms with Crippen molar-refractivity contribution in [2.24, 2.45) is 10.7 Å². The van der Waals surface area contributed by atoms with Gasteiger partial charge in [-0.15, -0.1) is 0 Å². The molecule has 0 aromatic rings. The fourth-order valence-electron chi connectivity index (χ4n) is 0.988. The number of carbonyl (C=O) groups excluding carboxylic acids is 1. The number of rotatable bonds is 2. The molecule has 0 fully saturated rings. The highest BCUT2D eigenvalue weighted by Gasteiger charge is 2.10. The number of amidine groups is 1. The summed E-state index contributed by atoms with van der Waals surface area (Å²) >= 11 is 0. The van der Waals surface area contributed by atoms with E-state index in [9.17, 15) is 4.79 Å². The largest absolute Gasteiger partial charge is 0.404 e. The van der Waals surface area contributed by atoms with Gasteiger partial charge in [-0.2, -0.15) is 0 Å². The van der Waals surface area contributed by atoms with E-state index in [0.717, 1.165) is 5.70 Å². The average Bonchev–Trinajstić information content (AvgIpc) is 2.04. The van der Waals surface area contributed by atoms with E-state index in [1.54, 1.807) is 6.08 Å². The van der Waals surface area contributed by atoms with Gasteiger partial charge in [0.15, 0.2) is 6.29 Å². The summed E-state index contributed by atoms with van der Waals surface area (Å²) in [7, 11) is 0. The van der Waals surface area contributed by atoms with Gasteiger partial charge < -0.3 is 11.1 Å². The first-order valence-corrected chi connectivity index (χ1v) is 3.77. The molecule has 1 heterocycles. The van der Waals surface area contributed by atoms with Crippen molar-refractivity contribution in [1.29, 1.82) is 0 Å². The van der Waals surface area contributed by atoms with Crippen LogP contribution in [0.15, 0.2) is 40.8 Å². The lowest BCUT2D eigenvalue weighted by molar-refractivity contribution is -0.104. The number of nitrogens with two attached hydrogens (primary N) is 1. The van der Waals surface area contributed by atoms with Crippen LogP contribution in [-0.4, -0.2) is 12.1 Å². The molecule has 0 saturated heterocycles. The lowest BCUT2D eigenvalue weighted by Gasteiger charge is -2.14. The van der Waals surface area contributed by atoms with Gasteiger partial charge in [0, 0.05) is 17.6 Å². The quantitative estimate of drug-likeness (QED) is 0.475. The Morgan fingerprint density at radius 2 is 2.46 bits per heavy atom.